The molecule has 1 aliphatic rings. The van der Waals surface area contributed by atoms with Gasteiger partial charge in [-0.05, 0) is 37.1 Å². The Balaban J connectivity index is 2.06. The number of rotatable bonds is 4. The molecule has 0 saturated heterocycles. The molecule has 4 nitrogen and oxygen atoms in total. The van der Waals surface area contributed by atoms with Crippen LogP contribution in [-0.4, -0.2) is 11.8 Å². The van der Waals surface area contributed by atoms with Gasteiger partial charge in [-0.25, -0.2) is 0 Å². The van der Waals surface area contributed by atoms with Crippen molar-refractivity contribution in [2.75, 3.05) is 4.90 Å². The van der Waals surface area contributed by atoms with E-state index < -0.39 is 11.3 Å². The average Bonchev–Trinajstić information content (AvgIpc) is 3.31. The van der Waals surface area contributed by atoms with E-state index in [2.05, 4.69) is 0 Å². The summed E-state index contributed by atoms with van der Waals surface area (Å²) in [5.41, 5.74) is 5.88. The molecular formula is C17H16N2O2. The fourth-order valence-electron chi connectivity index (χ4n) is 2.44. The fourth-order valence-corrected chi connectivity index (χ4v) is 2.44. The lowest BCUT2D eigenvalue weighted by atomic mass is 10.0. The molecule has 1 aliphatic carbocycles. The third-order valence-corrected chi connectivity index (χ3v) is 3.86. The van der Waals surface area contributed by atoms with E-state index in [4.69, 9.17) is 5.73 Å². The Bertz CT molecular complexity index is 624. The molecule has 106 valence electrons. The number of primary amides is 1. The lowest BCUT2D eigenvalue weighted by Gasteiger charge is -2.26. The van der Waals surface area contributed by atoms with Crippen LogP contribution in [-0.2, 0) is 9.59 Å². The van der Waals surface area contributed by atoms with Gasteiger partial charge in [0.1, 0.15) is 5.41 Å². The second kappa shape index (κ2) is 5.05. The molecule has 0 aliphatic heterocycles. The van der Waals surface area contributed by atoms with Gasteiger partial charge in [0, 0.05) is 11.4 Å². The van der Waals surface area contributed by atoms with E-state index in [1.165, 1.54) is 0 Å². The topological polar surface area (TPSA) is 63.4 Å². The Labute approximate surface area is 123 Å². The van der Waals surface area contributed by atoms with Crippen molar-refractivity contribution in [1.29, 1.82) is 0 Å². The quantitative estimate of drug-likeness (QED) is 0.875. The summed E-state index contributed by atoms with van der Waals surface area (Å²) in [6.45, 7) is 0. The molecule has 4 heteroatoms. The van der Waals surface area contributed by atoms with E-state index in [1.54, 1.807) is 4.90 Å². The largest absolute Gasteiger partial charge is 0.369 e. The van der Waals surface area contributed by atoms with Crippen molar-refractivity contribution in [3.05, 3.63) is 60.7 Å². The Hall–Kier alpha value is -2.62. The molecule has 0 atom stereocenters. The van der Waals surface area contributed by atoms with Crippen LogP contribution < -0.4 is 10.6 Å². The number of hydrogen-bond donors (Lipinski definition) is 1. The van der Waals surface area contributed by atoms with Crippen LogP contribution in [0.5, 0.6) is 0 Å². The molecule has 21 heavy (non-hydrogen) atoms. The van der Waals surface area contributed by atoms with Crippen LogP contribution in [0.1, 0.15) is 12.8 Å². The first-order valence-electron chi connectivity index (χ1n) is 6.90. The smallest absolute Gasteiger partial charge is 0.247 e. The molecule has 2 N–H and O–H groups in total. The highest BCUT2D eigenvalue weighted by Gasteiger charge is 2.57. The van der Waals surface area contributed by atoms with Gasteiger partial charge in [-0.3, -0.25) is 14.5 Å². The summed E-state index contributed by atoms with van der Waals surface area (Å²) in [6.07, 6.45) is 1.05. The number of carbonyl (C=O) groups excluding carboxylic acids is 2. The maximum atomic E-state index is 12.9. The number of para-hydroxylation sites is 2. The van der Waals surface area contributed by atoms with E-state index >= 15 is 0 Å². The number of benzene rings is 2. The summed E-state index contributed by atoms with van der Waals surface area (Å²) < 4.78 is 0. The maximum absolute atomic E-state index is 12.9. The van der Waals surface area contributed by atoms with Crippen molar-refractivity contribution < 1.29 is 9.59 Å². The van der Waals surface area contributed by atoms with Crippen LogP contribution in [0.15, 0.2) is 60.7 Å². The second-order valence-electron chi connectivity index (χ2n) is 5.26. The minimum absolute atomic E-state index is 0.243. The van der Waals surface area contributed by atoms with Crippen molar-refractivity contribution in [1.82, 2.24) is 0 Å². The average molecular weight is 280 g/mol. The number of hydrogen-bond acceptors (Lipinski definition) is 2. The van der Waals surface area contributed by atoms with Crippen molar-refractivity contribution in [3.8, 4) is 0 Å². The Morgan fingerprint density at radius 3 is 1.62 bits per heavy atom. The monoisotopic (exact) mass is 280 g/mol. The van der Waals surface area contributed by atoms with Gasteiger partial charge < -0.3 is 5.73 Å². The van der Waals surface area contributed by atoms with Crippen LogP contribution in [0.2, 0.25) is 0 Å². The zero-order chi connectivity index (χ0) is 14.9. The SMILES string of the molecule is NC(=O)C1(C(=O)N(c2ccccc2)c2ccccc2)CC1. The van der Waals surface area contributed by atoms with Gasteiger partial charge in [0.15, 0.2) is 0 Å². The van der Waals surface area contributed by atoms with Crippen LogP contribution in [0.3, 0.4) is 0 Å². The van der Waals surface area contributed by atoms with E-state index in [9.17, 15) is 9.59 Å². The maximum Gasteiger partial charge on any atom is 0.247 e. The van der Waals surface area contributed by atoms with E-state index in [1.807, 2.05) is 60.7 Å². The summed E-state index contributed by atoms with van der Waals surface area (Å²) in [7, 11) is 0. The first kappa shape index (κ1) is 13.4. The molecule has 0 aromatic heterocycles. The summed E-state index contributed by atoms with van der Waals surface area (Å²) in [4.78, 5) is 26.1. The van der Waals surface area contributed by atoms with Crippen molar-refractivity contribution >= 4 is 23.2 Å². The highest BCUT2D eigenvalue weighted by molar-refractivity contribution is 6.16. The summed E-state index contributed by atoms with van der Waals surface area (Å²) >= 11 is 0. The number of carbonyl (C=O) groups is 2. The van der Waals surface area contributed by atoms with Crippen molar-refractivity contribution in [2.24, 2.45) is 11.1 Å². The summed E-state index contributed by atoms with van der Waals surface area (Å²) in [5.74, 6) is -0.781. The lowest BCUT2D eigenvalue weighted by Crippen LogP contribution is -2.41. The Morgan fingerprint density at radius 2 is 1.29 bits per heavy atom. The van der Waals surface area contributed by atoms with Crippen LogP contribution >= 0.6 is 0 Å². The van der Waals surface area contributed by atoms with Gasteiger partial charge in [0.2, 0.25) is 11.8 Å². The zero-order valence-electron chi connectivity index (χ0n) is 11.5. The van der Waals surface area contributed by atoms with E-state index in [0.29, 0.717) is 12.8 Å². The Kier molecular flexibility index (Phi) is 3.22. The Morgan fingerprint density at radius 1 is 0.857 bits per heavy atom. The van der Waals surface area contributed by atoms with E-state index in [-0.39, 0.29) is 5.91 Å². The molecule has 0 heterocycles. The normalized spacial score (nSPS) is 15.2. The fraction of sp³-hybridized carbons (Fsp3) is 0.176. The third-order valence-electron chi connectivity index (χ3n) is 3.86. The van der Waals surface area contributed by atoms with Crippen LogP contribution in [0.25, 0.3) is 0 Å². The second-order valence-corrected chi connectivity index (χ2v) is 5.26. The minimum atomic E-state index is -1.04. The summed E-state index contributed by atoms with van der Waals surface area (Å²) in [5, 5.41) is 0. The predicted molar refractivity (Wildman–Crippen MR) is 80.9 cm³/mol. The molecule has 1 fully saturated rings. The van der Waals surface area contributed by atoms with Gasteiger partial charge in [-0.2, -0.15) is 0 Å². The molecule has 3 rings (SSSR count). The number of nitrogens with zero attached hydrogens (tertiary/aromatic N) is 1. The van der Waals surface area contributed by atoms with Gasteiger partial charge in [-0.1, -0.05) is 36.4 Å². The first-order chi connectivity index (χ1) is 10.1. The highest BCUT2D eigenvalue weighted by Crippen LogP contribution is 2.48. The molecule has 0 radical (unpaired) electrons. The van der Waals surface area contributed by atoms with Gasteiger partial charge in [0.25, 0.3) is 0 Å². The number of amides is 2. The van der Waals surface area contributed by atoms with Gasteiger partial charge in [0.05, 0.1) is 0 Å². The van der Waals surface area contributed by atoms with Crippen molar-refractivity contribution in [2.45, 2.75) is 12.8 Å². The predicted octanol–water partition coefficient (Wildman–Crippen LogP) is 2.62. The summed E-state index contributed by atoms with van der Waals surface area (Å²) in [6, 6.07) is 18.6. The molecule has 2 aromatic carbocycles. The van der Waals surface area contributed by atoms with E-state index in [0.717, 1.165) is 11.4 Å². The zero-order valence-corrected chi connectivity index (χ0v) is 11.5. The molecule has 0 bridgehead atoms. The van der Waals surface area contributed by atoms with Crippen LogP contribution in [0.4, 0.5) is 11.4 Å². The number of nitrogens with two attached hydrogens (primary N) is 1. The van der Waals surface area contributed by atoms with Crippen molar-refractivity contribution in [3.63, 3.8) is 0 Å². The standard InChI is InChI=1S/C17H16N2O2/c18-15(20)17(11-12-17)16(21)19(13-7-3-1-4-8-13)14-9-5-2-6-10-14/h1-10H,11-12H2,(H2,18,20). The number of anilines is 2. The minimum Gasteiger partial charge on any atom is -0.369 e. The first-order valence-corrected chi connectivity index (χ1v) is 6.90. The highest BCUT2D eigenvalue weighted by atomic mass is 16.2. The van der Waals surface area contributed by atoms with Crippen LogP contribution in [0, 0.1) is 5.41 Å². The lowest BCUT2D eigenvalue weighted by molar-refractivity contribution is -0.133. The van der Waals surface area contributed by atoms with Gasteiger partial charge >= 0.3 is 0 Å². The molecule has 2 aromatic rings. The molecule has 1 saturated carbocycles. The molecular weight excluding hydrogens is 264 g/mol. The third kappa shape index (κ3) is 2.29. The molecule has 2 amide bonds. The van der Waals surface area contributed by atoms with Gasteiger partial charge in [-0.15, -0.1) is 0 Å². The molecule has 0 spiro atoms. The molecule has 0 unspecified atom stereocenters.